The van der Waals surface area contributed by atoms with Crippen LogP contribution in [0, 0.1) is 6.92 Å². The lowest BCUT2D eigenvalue weighted by Crippen LogP contribution is -2.42. The SMILES string of the molecule is CCOc1cc(C)nc(NC(C)(CC)CN)n1. The van der Waals surface area contributed by atoms with Gasteiger partial charge in [0.2, 0.25) is 11.8 Å². The smallest absolute Gasteiger partial charge is 0.226 e. The van der Waals surface area contributed by atoms with Crippen LogP contribution >= 0.6 is 0 Å². The normalized spacial score (nSPS) is 14.2. The number of aryl methyl sites for hydroxylation is 1. The zero-order valence-corrected chi connectivity index (χ0v) is 11.1. The summed E-state index contributed by atoms with van der Waals surface area (Å²) in [7, 11) is 0. The molecule has 0 fully saturated rings. The Morgan fingerprint density at radius 2 is 2.12 bits per heavy atom. The topological polar surface area (TPSA) is 73.1 Å². The van der Waals surface area contributed by atoms with Gasteiger partial charge in [0, 0.05) is 23.8 Å². The first-order chi connectivity index (χ1) is 8.03. The Morgan fingerprint density at radius 1 is 1.41 bits per heavy atom. The fraction of sp³-hybridized carbons (Fsp3) is 0.667. The van der Waals surface area contributed by atoms with Gasteiger partial charge in [-0.05, 0) is 27.2 Å². The van der Waals surface area contributed by atoms with E-state index in [9.17, 15) is 0 Å². The van der Waals surface area contributed by atoms with Crippen molar-refractivity contribution in [2.45, 2.75) is 39.7 Å². The molecule has 0 aliphatic heterocycles. The molecule has 96 valence electrons. The number of hydrogen-bond acceptors (Lipinski definition) is 5. The third-order valence-corrected chi connectivity index (χ3v) is 2.77. The Labute approximate surface area is 103 Å². The Balaban J connectivity index is 2.90. The van der Waals surface area contributed by atoms with Crippen LogP contribution < -0.4 is 15.8 Å². The van der Waals surface area contributed by atoms with Gasteiger partial charge in [0.25, 0.3) is 0 Å². The van der Waals surface area contributed by atoms with E-state index in [0.29, 0.717) is 25.0 Å². The summed E-state index contributed by atoms with van der Waals surface area (Å²) in [5.74, 6) is 1.17. The molecule has 0 spiro atoms. The largest absolute Gasteiger partial charge is 0.478 e. The van der Waals surface area contributed by atoms with E-state index in [4.69, 9.17) is 10.5 Å². The maximum atomic E-state index is 5.75. The first-order valence-corrected chi connectivity index (χ1v) is 5.99. The lowest BCUT2D eigenvalue weighted by molar-refractivity contribution is 0.326. The molecule has 0 amide bonds. The van der Waals surface area contributed by atoms with Crippen molar-refractivity contribution in [2.24, 2.45) is 5.73 Å². The molecule has 1 aromatic rings. The monoisotopic (exact) mass is 238 g/mol. The summed E-state index contributed by atoms with van der Waals surface area (Å²) in [5, 5.41) is 3.27. The van der Waals surface area contributed by atoms with E-state index in [2.05, 4.69) is 29.1 Å². The van der Waals surface area contributed by atoms with Gasteiger partial charge in [-0.1, -0.05) is 6.92 Å². The predicted octanol–water partition coefficient (Wildman–Crippen LogP) is 1.72. The molecule has 17 heavy (non-hydrogen) atoms. The maximum Gasteiger partial charge on any atom is 0.226 e. The molecule has 5 heteroatoms. The molecule has 0 radical (unpaired) electrons. The molecule has 1 unspecified atom stereocenters. The molecule has 0 aliphatic rings. The number of ether oxygens (including phenoxy) is 1. The van der Waals surface area contributed by atoms with Crippen LogP contribution in [0.4, 0.5) is 5.95 Å². The lowest BCUT2D eigenvalue weighted by Gasteiger charge is -2.28. The molecule has 1 aromatic heterocycles. The van der Waals surface area contributed by atoms with Crippen molar-refractivity contribution in [3.63, 3.8) is 0 Å². The molecule has 1 atom stereocenters. The van der Waals surface area contributed by atoms with Gasteiger partial charge in [0.1, 0.15) is 0 Å². The summed E-state index contributed by atoms with van der Waals surface area (Å²) >= 11 is 0. The number of nitrogens with one attached hydrogen (secondary N) is 1. The first-order valence-electron chi connectivity index (χ1n) is 5.99. The molecular weight excluding hydrogens is 216 g/mol. The summed E-state index contributed by atoms with van der Waals surface area (Å²) < 4.78 is 5.39. The first kappa shape index (κ1) is 13.7. The van der Waals surface area contributed by atoms with E-state index in [1.54, 1.807) is 0 Å². The van der Waals surface area contributed by atoms with Crippen LogP contribution in [0.1, 0.15) is 32.9 Å². The Bertz CT molecular complexity index is 364. The second kappa shape index (κ2) is 5.82. The Hall–Kier alpha value is -1.36. The van der Waals surface area contributed by atoms with Crippen LogP contribution in [0.25, 0.3) is 0 Å². The van der Waals surface area contributed by atoms with Gasteiger partial charge < -0.3 is 15.8 Å². The fourth-order valence-corrected chi connectivity index (χ4v) is 1.37. The lowest BCUT2D eigenvalue weighted by atomic mass is 10.00. The molecule has 0 aromatic carbocycles. The molecule has 0 bridgehead atoms. The van der Waals surface area contributed by atoms with Crippen LogP contribution in [-0.4, -0.2) is 28.7 Å². The molecular formula is C12H22N4O. The van der Waals surface area contributed by atoms with Crippen molar-refractivity contribution in [1.82, 2.24) is 9.97 Å². The standard InChI is InChI=1S/C12H22N4O/c1-5-12(4,8-13)16-11-14-9(3)7-10(15-11)17-6-2/h7H,5-6,8,13H2,1-4H3,(H,14,15,16). The van der Waals surface area contributed by atoms with Crippen LogP contribution in [0.15, 0.2) is 6.07 Å². The number of hydrogen-bond donors (Lipinski definition) is 2. The zero-order chi connectivity index (χ0) is 12.9. The van der Waals surface area contributed by atoms with Gasteiger partial charge in [-0.15, -0.1) is 0 Å². The van der Waals surface area contributed by atoms with E-state index in [-0.39, 0.29) is 5.54 Å². The van der Waals surface area contributed by atoms with Gasteiger partial charge >= 0.3 is 0 Å². The minimum atomic E-state index is -0.183. The number of rotatable bonds is 6. The third kappa shape index (κ3) is 3.85. The molecule has 1 heterocycles. The number of aromatic nitrogens is 2. The fourth-order valence-electron chi connectivity index (χ4n) is 1.37. The highest BCUT2D eigenvalue weighted by Crippen LogP contribution is 2.17. The number of nitrogens with zero attached hydrogens (tertiary/aromatic N) is 2. The van der Waals surface area contributed by atoms with Crippen molar-refractivity contribution in [2.75, 3.05) is 18.5 Å². The Morgan fingerprint density at radius 3 is 2.65 bits per heavy atom. The van der Waals surface area contributed by atoms with Crippen LogP contribution in [-0.2, 0) is 0 Å². The highest BCUT2D eigenvalue weighted by molar-refractivity contribution is 5.33. The van der Waals surface area contributed by atoms with Gasteiger partial charge in [-0.25, -0.2) is 4.98 Å². The molecule has 3 N–H and O–H groups in total. The van der Waals surface area contributed by atoms with E-state index < -0.39 is 0 Å². The summed E-state index contributed by atoms with van der Waals surface area (Å²) in [6.45, 7) is 9.11. The minimum absolute atomic E-state index is 0.183. The van der Waals surface area contributed by atoms with E-state index in [1.165, 1.54) is 0 Å². The maximum absolute atomic E-state index is 5.75. The summed E-state index contributed by atoms with van der Waals surface area (Å²) in [6.07, 6.45) is 0.908. The number of nitrogens with two attached hydrogens (primary N) is 1. The Kier molecular flexibility index (Phi) is 4.69. The minimum Gasteiger partial charge on any atom is -0.478 e. The quantitative estimate of drug-likeness (QED) is 0.789. The van der Waals surface area contributed by atoms with Gasteiger partial charge in [-0.3, -0.25) is 0 Å². The average molecular weight is 238 g/mol. The van der Waals surface area contributed by atoms with Crippen molar-refractivity contribution in [3.8, 4) is 5.88 Å². The molecule has 1 rings (SSSR count). The predicted molar refractivity (Wildman–Crippen MR) is 69.3 cm³/mol. The van der Waals surface area contributed by atoms with Crippen molar-refractivity contribution in [3.05, 3.63) is 11.8 Å². The van der Waals surface area contributed by atoms with Gasteiger partial charge in [0.15, 0.2) is 0 Å². The van der Waals surface area contributed by atoms with E-state index in [0.717, 1.165) is 12.1 Å². The van der Waals surface area contributed by atoms with Gasteiger partial charge in [0.05, 0.1) is 6.61 Å². The van der Waals surface area contributed by atoms with Crippen molar-refractivity contribution >= 4 is 5.95 Å². The molecule has 0 saturated heterocycles. The van der Waals surface area contributed by atoms with Gasteiger partial charge in [-0.2, -0.15) is 4.98 Å². The average Bonchev–Trinajstić information content (AvgIpc) is 2.28. The number of anilines is 1. The van der Waals surface area contributed by atoms with Crippen molar-refractivity contribution in [1.29, 1.82) is 0 Å². The summed E-state index contributed by atoms with van der Waals surface area (Å²) in [4.78, 5) is 8.64. The van der Waals surface area contributed by atoms with E-state index in [1.807, 2.05) is 19.9 Å². The van der Waals surface area contributed by atoms with Crippen LogP contribution in [0.5, 0.6) is 5.88 Å². The molecule has 0 saturated carbocycles. The summed E-state index contributed by atoms with van der Waals surface area (Å²) in [5.41, 5.74) is 6.44. The molecule has 0 aliphatic carbocycles. The zero-order valence-electron chi connectivity index (χ0n) is 11.1. The molecule has 5 nitrogen and oxygen atoms in total. The second-order valence-electron chi connectivity index (χ2n) is 4.35. The van der Waals surface area contributed by atoms with E-state index >= 15 is 0 Å². The van der Waals surface area contributed by atoms with Crippen LogP contribution in [0.2, 0.25) is 0 Å². The summed E-state index contributed by atoms with van der Waals surface area (Å²) in [6, 6.07) is 1.82. The van der Waals surface area contributed by atoms with Crippen molar-refractivity contribution < 1.29 is 4.74 Å². The highest BCUT2D eigenvalue weighted by atomic mass is 16.5. The third-order valence-electron chi connectivity index (χ3n) is 2.77. The second-order valence-corrected chi connectivity index (χ2v) is 4.35. The highest BCUT2D eigenvalue weighted by Gasteiger charge is 2.21. The van der Waals surface area contributed by atoms with Crippen LogP contribution in [0.3, 0.4) is 0 Å².